The van der Waals surface area contributed by atoms with Crippen LogP contribution in [0.25, 0.3) is 21.7 Å². The predicted molar refractivity (Wildman–Crippen MR) is 132 cm³/mol. The maximum atomic E-state index is 13.2. The lowest BCUT2D eigenvalue weighted by Crippen LogP contribution is -2.50. The van der Waals surface area contributed by atoms with Gasteiger partial charge in [0, 0.05) is 29.1 Å². The van der Waals surface area contributed by atoms with Crippen molar-refractivity contribution in [2.45, 2.75) is 38.8 Å². The number of amides is 3. The Morgan fingerprint density at radius 1 is 0.912 bits per heavy atom. The van der Waals surface area contributed by atoms with E-state index in [0.717, 1.165) is 27.2 Å². The van der Waals surface area contributed by atoms with Crippen molar-refractivity contribution in [3.63, 3.8) is 0 Å². The molecule has 3 amide bonds. The first kappa shape index (κ1) is 23.0. The van der Waals surface area contributed by atoms with Crippen LogP contribution < -0.4 is 10.6 Å². The number of fused-ring (bicyclic) bond motifs is 2. The first-order valence-electron chi connectivity index (χ1n) is 11.1. The normalized spacial score (nSPS) is 12.3. The second-order valence-corrected chi connectivity index (χ2v) is 9.11. The Morgan fingerprint density at radius 2 is 1.59 bits per heavy atom. The van der Waals surface area contributed by atoms with Crippen molar-refractivity contribution >= 4 is 39.6 Å². The van der Waals surface area contributed by atoms with E-state index < -0.39 is 29.6 Å². The average Bonchev–Trinajstić information content (AvgIpc) is 3.20. The Bertz CT molecular complexity index is 1360. The average molecular weight is 458 g/mol. The van der Waals surface area contributed by atoms with Crippen molar-refractivity contribution in [2.24, 2.45) is 0 Å². The summed E-state index contributed by atoms with van der Waals surface area (Å²) in [5.74, 6) is -1.15. The highest BCUT2D eigenvalue weighted by molar-refractivity contribution is 6.13. The minimum absolute atomic E-state index is 0.178. The SMILES string of the molecule is CC(C)(C)OC(=O)N[C@H](Cc1c[nH]c2ccccc12)C(=O)NC(=O)c1cccc2ccccc12. The molecule has 174 valence electrons. The van der Waals surface area contributed by atoms with Gasteiger partial charge in [0.25, 0.3) is 5.91 Å². The van der Waals surface area contributed by atoms with Crippen molar-refractivity contribution in [3.8, 4) is 0 Å². The summed E-state index contributed by atoms with van der Waals surface area (Å²) >= 11 is 0. The summed E-state index contributed by atoms with van der Waals surface area (Å²) in [6.07, 6.45) is 1.25. The fraction of sp³-hybridized carbons (Fsp3) is 0.222. The molecular weight excluding hydrogens is 430 g/mol. The molecule has 1 aromatic heterocycles. The summed E-state index contributed by atoms with van der Waals surface area (Å²) in [6, 6.07) is 19.5. The van der Waals surface area contributed by atoms with E-state index in [0.29, 0.717) is 5.56 Å². The third-order valence-corrected chi connectivity index (χ3v) is 5.38. The summed E-state index contributed by atoms with van der Waals surface area (Å²) < 4.78 is 5.35. The van der Waals surface area contributed by atoms with E-state index in [-0.39, 0.29) is 6.42 Å². The van der Waals surface area contributed by atoms with E-state index in [2.05, 4.69) is 15.6 Å². The van der Waals surface area contributed by atoms with E-state index in [9.17, 15) is 14.4 Å². The number of nitrogens with one attached hydrogen (secondary N) is 3. The van der Waals surface area contributed by atoms with Crippen molar-refractivity contribution in [1.29, 1.82) is 0 Å². The van der Waals surface area contributed by atoms with Gasteiger partial charge < -0.3 is 15.0 Å². The number of H-pyrrole nitrogens is 1. The van der Waals surface area contributed by atoms with Gasteiger partial charge in [-0.2, -0.15) is 0 Å². The van der Waals surface area contributed by atoms with Gasteiger partial charge in [0.2, 0.25) is 5.91 Å². The molecule has 3 N–H and O–H groups in total. The number of imide groups is 1. The zero-order valence-electron chi connectivity index (χ0n) is 19.3. The van der Waals surface area contributed by atoms with Crippen LogP contribution in [0.3, 0.4) is 0 Å². The van der Waals surface area contributed by atoms with Crippen LogP contribution in [0.1, 0.15) is 36.7 Å². The molecule has 1 atom stereocenters. The number of ether oxygens (including phenoxy) is 1. The molecule has 0 aliphatic carbocycles. The molecule has 1 heterocycles. The van der Waals surface area contributed by atoms with Crippen molar-refractivity contribution < 1.29 is 19.1 Å². The van der Waals surface area contributed by atoms with Crippen LogP contribution in [0.4, 0.5) is 4.79 Å². The van der Waals surface area contributed by atoms with Gasteiger partial charge in [-0.05, 0) is 49.2 Å². The molecule has 0 saturated heterocycles. The molecular formula is C27H27N3O4. The number of hydrogen-bond acceptors (Lipinski definition) is 4. The smallest absolute Gasteiger partial charge is 0.408 e. The Labute approximate surface area is 197 Å². The maximum absolute atomic E-state index is 13.2. The van der Waals surface area contributed by atoms with E-state index in [1.54, 1.807) is 39.1 Å². The molecule has 4 rings (SSSR count). The van der Waals surface area contributed by atoms with Crippen LogP contribution in [0, 0.1) is 0 Å². The standard InChI is InChI=1S/C27H27N3O4/c1-27(2,3)34-26(33)29-23(15-18-16-28-22-14-7-6-12-20(18)22)25(32)30-24(31)21-13-8-10-17-9-4-5-11-19(17)21/h4-14,16,23,28H,15H2,1-3H3,(H,29,33)(H,30,31,32)/t23-/m1/s1. The number of carbonyl (C=O) groups excluding carboxylic acids is 3. The number of hydrogen-bond donors (Lipinski definition) is 3. The molecule has 0 spiro atoms. The fourth-order valence-electron chi connectivity index (χ4n) is 3.87. The molecule has 0 aliphatic heterocycles. The van der Waals surface area contributed by atoms with Crippen LogP contribution in [-0.4, -0.2) is 34.5 Å². The van der Waals surface area contributed by atoms with Crippen molar-refractivity contribution in [2.75, 3.05) is 0 Å². The number of rotatable bonds is 5. The number of alkyl carbamates (subject to hydrolysis) is 1. The Balaban J connectivity index is 1.58. The minimum atomic E-state index is -1.02. The lowest BCUT2D eigenvalue weighted by atomic mass is 10.0. The van der Waals surface area contributed by atoms with Gasteiger partial charge in [-0.1, -0.05) is 54.6 Å². The van der Waals surface area contributed by atoms with Crippen LogP contribution in [0.5, 0.6) is 0 Å². The monoisotopic (exact) mass is 457 g/mol. The van der Waals surface area contributed by atoms with Crippen LogP contribution in [0.15, 0.2) is 72.9 Å². The zero-order chi connectivity index (χ0) is 24.3. The second kappa shape index (κ2) is 9.39. The van der Waals surface area contributed by atoms with Gasteiger partial charge in [0.05, 0.1) is 0 Å². The first-order valence-corrected chi connectivity index (χ1v) is 11.1. The number of benzene rings is 3. The van der Waals surface area contributed by atoms with Crippen LogP contribution in [-0.2, 0) is 16.0 Å². The second-order valence-electron chi connectivity index (χ2n) is 9.11. The molecule has 7 nitrogen and oxygen atoms in total. The first-order chi connectivity index (χ1) is 16.2. The largest absolute Gasteiger partial charge is 0.444 e. The molecule has 0 saturated carbocycles. The highest BCUT2D eigenvalue weighted by Crippen LogP contribution is 2.21. The lowest BCUT2D eigenvalue weighted by Gasteiger charge is -2.23. The van der Waals surface area contributed by atoms with Gasteiger partial charge in [-0.25, -0.2) is 4.79 Å². The summed E-state index contributed by atoms with van der Waals surface area (Å²) in [6.45, 7) is 5.22. The lowest BCUT2D eigenvalue weighted by molar-refractivity contribution is -0.122. The zero-order valence-corrected chi connectivity index (χ0v) is 19.3. The predicted octanol–water partition coefficient (Wildman–Crippen LogP) is 4.71. The fourth-order valence-corrected chi connectivity index (χ4v) is 3.87. The van der Waals surface area contributed by atoms with E-state index >= 15 is 0 Å². The van der Waals surface area contributed by atoms with Crippen molar-refractivity contribution in [3.05, 3.63) is 84.1 Å². The molecule has 4 aromatic rings. The summed E-state index contributed by atoms with van der Waals surface area (Å²) in [5.41, 5.74) is 1.41. The number of para-hydroxylation sites is 1. The third kappa shape index (κ3) is 5.26. The van der Waals surface area contributed by atoms with Gasteiger partial charge in [-0.3, -0.25) is 14.9 Å². The van der Waals surface area contributed by atoms with E-state index in [1.165, 1.54) is 0 Å². The van der Waals surface area contributed by atoms with Crippen LogP contribution in [0.2, 0.25) is 0 Å². The van der Waals surface area contributed by atoms with Gasteiger partial charge in [0.15, 0.2) is 0 Å². The van der Waals surface area contributed by atoms with E-state index in [1.807, 2.05) is 54.6 Å². The number of aromatic amines is 1. The van der Waals surface area contributed by atoms with Gasteiger partial charge in [0.1, 0.15) is 11.6 Å². The molecule has 7 heteroatoms. The summed E-state index contributed by atoms with van der Waals surface area (Å²) in [5, 5.41) is 7.66. The summed E-state index contributed by atoms with van der Waals surface area (Å²) in [4.78, 5) is 41.9. The molecule has 0 fully saturated rings. The quantitative estimate of drug-likeness (QED) is 0.404. The Morgan fingerprint density at radius 3 is 2.35 bits per heavy atom. The van der Waals surface area contributed by atoms with Crippen molar-refractivity contribution in [1.82, 2.24) is 15.6 Å². The Hall–Kier alpha value is -4.13. The highest BCUT2D eigenvalue weighted by Gasteiger charge is 2.27. The minimum Gasteiger partial charge on any atom is -0.444 e. The molecule has 0 aliphatic rings. The summed E-state index contributed by atoms with van der Waals surface area (Å²) in [7, 11) is 0. The molecule has 0 unspecified atom stereocenters. The topological polar surface area (TPSA) is 100 Å². The highest BCUT2D eigenvalue weighted by atomic mass is 16.6. The van der Waals surface area contributed by atoms with Crippen LogP contribution >= 0.6 is 0 Å². The maximum Gasteiger partial charge on any atom is 0.408 e. The van der Waals surface area contributed by atoms with Gasteiger partial charge >= 0.3 is 6.09 Å². The van der Waals surface area contributed by atoms with E-state index in [4.69, 9.17) is 4.74 Å². The van der Waals surface area contributed by atoms with Gasteiger partial charge in [-0.15, -0.1) is 0 Å². The Kier molecular flexibility index (Phi) is 6.36. The molecule has 34 heavy (non-hydrogen) atoms. The third-order valence-electron chi connectivity index (χ3n) is 5.38. The number of aromatic nitrogens is 1. The molecule has 3 aromatic carbocycles. The number of carbonyl (C=O) groups is 3. The molecule has 0 radical (unpaired) electrons. The molecule has 0 bridgehead atoms.